The molecular weight excluding hydrogens is 290 g/mol. The SMILES string of the molecule is CC(C)CC(Cc1ncccn1)Cc1nc2ccccc2s1. The first-order chi connectivity index (χ1) is 10.7. The number of nitrogens with zero attached hydrogens (tertiary/aromatic N) is 3. The van der Waals surface area contributed by atoms with Crippen LogP contribution in [0.2, 0.25) is 0 Å². The van der Waals surface area contributed by atoms with Crippen LogP contribution >= 0.6 is 11.3 Å². The second-order valence-corrected chi connectivity index (χ2v) is 7.26. The largest absolute Gasteiger partial charge is 0.241 e. The van der Waals surface area contributed by atoms with Gasteiger partial charge in [0.1, 0.15) is 5.82 Å². The summed E-state index contributed by atoms with van der Waals surface area (Å²) in [7, 11) is 0. The Kier molecular flexibility index (Phi) is 4.78. The normalized spacial score (nSPS) is 12.9. The fraction of sp³-hybridized carbons (Fsp3) is 0.389. The number of thiazole rings is 1. The number of benzene rings is 1. The molecule has 0 radical (unpaired) electrons. The molecule has 0 aliphatic carbocycles. The molecule has 0 N–H and O–H groups in total. The van der Waals surface area contributed by atoms with Crippen LogP contribution in [0.15, 0.2) is 42.7 Å². The maximum atomic E-state index is 4.78. The van der Waals surface area contributed by atoms with Gasteiger partial charge in [0.05, 0.1) is 15.2 Å². The second kappa shape index (κ2) is 6.97. The van der Waals surface area contributed by atoms with Crippen LogP contribution < -0.4 is 0 Å². The van der Waals surface area contributed by atoms with Gasteiger partial charge >= 0.3 is 0 Å². The Balaban J connectivity index is 1.77. The van der Waals surface area contributed by atoms with Gasteiger partial charge in [-0.1, -0.05) is 26.0 Å². The quantitative estimate of drug-likeness (QED) is 0.671. The lowest BCUT2D eigenvalue weighted by Gasteiger charge is -2.17. The van der Waals surface area contributed by atoms with Crippen LogP contribution in [0.1, 0.15) is 31.1 Å². The monoisotopic (exact) mass is 311 g/mol. The summed E-state index contributed by atoms with van der Waals surface area (Å²) in [4.78, 5) is 13.5. The standard InChI is InChI=1S/C18H21N3S/c1-13(2)10-14(11-17-19-8-5-9-20-17)12-18-21-15-6-3-4-7-16(15)22-18/h3-9,13-14H,10-12H2,1-2H3. The van der Waals surface area contributed by atoms with Gasteiger partial charge < -0.3 is 0 Å². The molecule has 0 amide bonds. The minimum absolute atomic E-state index is 0.544. The number of rotatable bonds is 6. The molecule has 1 unspecified atom stereocenters. The van der Waals surface area contributed by atoms with E-state index in [9.17, 15) is 0 Å². The van der Waals surface area contributed by atoms with Crippen molar-refractivity contribution in [2.24, 2.45) is 11.8 Å². The first-order valence-corrected chi connectivity index (χ1v) is 8.62. The average molecular weight is 311 g/mol. The third-order valence-electron chi connectivity index (χ3n) is 3.70. The number of para-hydroxylation sites is 1. The summed E-state index contributed by atoms with van der Waals surface area (Å²) in [6.07, 6.45) is 6.76. The maximum absolute atomic E-state index is 4.78. The van der Waals surface area contributed by atoms with Crippen LogP contribution in [0.25, 0.3) is 10.2 Å². The summed E-state index contributed by atoms with van der Waals surface area (Å²) in [5.74, 6) is 2.15. The van der Waals surface area contributed by atoms with Crippen LogP contribution in [-0.2, 0) is 12.8 Å². The van der Waals surface area contributed by atoms with E-state index in [2.05, 4.69) is 48.1 Å². The summed E-state index contributed by atoms with van der Waals surface area (Å²) in [5, 5.41) is 1.22. The molecule has 0 spiro atoms. The van der Waals surface area contributed by atoms with Gasteiger partial charge in [-0.15, -0.1) is 11.3 Å². The minimum Gasteiger partial charge on any atom is -0.241 e. The molecule has 3 nitrogen and oxygen atoms in total. The highest BCUT2D eigenvalue weighted by Crippen LogP contribution is 2.26. The van der Waals surface area contributed by atoms with E-state index in [1.165, 1.54) is 16.1 Å². The fourth-order valence-electron chi connectivity index (χ4n) is 2.85. The highest BCUT2D eigenvalue weighted by Gasteiger charge is 2.16. The molecule has 3 rings (SSSR count). The van der Waals surface area contributed by atoms with E-state index in [0.29, 0.717) is 11.8 Å². The van der Waals surface area contributed by atoms with E-state index in [4.69, 9.17) is 4.98 Å². The molecule has 2 aromatic heterocycles. The maximum Gasteiger partial charge on any atom is 0.128 e. The van der Waals surface area contributed by atoms with Crippen LogP contribution in [0.5, 0.6) is 0 Å². The molecule has 0 saturated heterocycles. The Bertz CT molecular complexity index is 688. The van der Waals surface area contributed by atoms with Crippen molar-refractivity contribution in [2.75, 3.05) is 0 Å². The Hall–Kier alpha value is -1.81. The van der Waals surface area contributed by atoms with Gasteiger partial charge in [-0.25, -0.2) is 15.0 Å². The van der Waals surface area contributed by atoms with Gasteiger partial charge in [-0.05, 0) is 36.5 Å². The molecule has 4 heteroatoms. The summed E-state index contributed by atoms with van der Waals surface area (Å²) >= 11 is 1.81. The zero-order valence-corrected chi connectivity index (χ0v) is 13.9. The van der Waals surface area contributed by atoms with E-state index in [-0.39, 0.29) is 0 Å². The van der Waals surface area contributed by atoms with Crippen molar-refractivity contribution in [3.8, 4) is 0 Å². The van der Waals surface area contributed by atoms with Crippen molar-refractivity contribution in [3.05, 3.63) is 53.6 Å². The van der Waals surface area contributed by atoms with Crippen molar-refractivity contribution >= 4 is 21.6 Å². The molecule has 1 atom stereocenters. The predicted molar refractivity (Wildman–Crippen MR) is 92.0 cm³/mol. The van der Waals surface area contributed by atoms with Crippen molar-refractivity contribution in [2.45, 2.75) is 33.1 Å². The minimum atomic E-state index is 0.544. The number of hydrogen-bond acceptors (Lipinski definition) is 4. The molecule has 114 valence electrons. The van der Waals surface area contributed by atoms with Crippen LogP contribution in [-0.4, -0.2) is 15.0 Å². The smallest absolute Gasteiger partial charge is 0.128 e. The Morgan fingerprint density at radius 3 is 2.50 bits per heavy atom. The molecule has 0 aliphatic heterocycles. The lowest BCUT2D eigenvalue weighted by atomic mass is 9.91. The molecule has 0 bridgehead atoms. The average Bonchev–Trinajstić information content (AvgIpc) is 2.89. The molecular formula is C18H21N3S. The number of aromatic nitrogens is 3. The Morgan fingerprint density at radius 1 is 1.00 bits per heavy atom. The van der Waals surface area contributed by atoms with E-state index < -0.39 is 0 Å². The highest BCUT2D eigenvalue weighted by molar-refractivity contribution is 7.18. The lowest BCUT2D eigenvalue weighted by Crippen LogP contribution is -2.13. The van der Waals surface area contributed by atoms with E-state index >= 15 is 0 Å². The zero-order chi connectivity index (χ0) is 15.4. The second-order valence-electron chi connectivity index (χ2n) is 6.14. The molecule has 22 heavy (non-hydrogen) atoms. The third-order valence-corrected chi connectivity index (χ3v) is 4.76. The third kappa shape index (κ3) is 3.89. The first-order valence-electron chi connectivity index (χ1n) is 7.81. The summed E-state index contributed by atoms with van der Waals surface area (Å²) in [6.45, 7) is 4.55. The molecule has 2 heterocycles. The van der Waals surface area contributed by atoms with E-state index in [1.54, 1.807) is 0 Å². The van der Waals surface area contributed by atoms with Crippen molar-refractivity contribution in [1.82, 2.24) is 15.0 Å². The number of hydrogen-bond donors (Lipinski definition) is 0. The zero-order valence-electron chi connectivity index (χ0n) is 13.1. The molecule has 0 aliphatic rings. The lowest BCUT2D eigenvalue weighted by molar-refractivity contribution is 0.398. The Labute approximate surface area is 135 Å². The van der Waals surface area contributed by atoms with Crippen LogP contribution in [0, 0.1) is 11.8 Å². The van der Waals surface area contributed by atoms with E-state index in [0.717, 1.165) is 24.2 Å². The molecule has 0 fully saturated rings. The predicted octanol–water partition coefficient (Wildman–Crippen LogP) is 4.53. The van der Waals surface area contributed by atoms with Gasteiger partial charge in [-0.2, -0.15) is 0 Å². The molecule has 0 saturated carbocycles. The molecule has 1 aromatic carbocycles. The van der Waals surface area contributed by atoms with Crippen LogP contribution in [0.4, 0.5) is 0 Å². The Morgan fingerprint density at radius 2 is 1.77 bits per heavy atom. The van der Waals surface area contributed by atoms with Crippen molar-refractivity contribution < 1.29 is 0 Å². The van der Waals surface area contributed by atoms with Gasteiger partial charge in [0.25, 0.3) is 0 Å². The first kappa shape index (κ1) is 15.1. The highest BCUT2D eigenvalue weighted by atomic mass is 32.1. The van der Waals surface area contributed by atoms with Gasteiger partial charge in [-0.3, -0.25) is 0 Å². The molecule has 3 aromatic rings. The fourth-order valence-corrected chi connectivity index (χ4v) is 3.94. The van der Waals surface area contributed by atoms with Gasteiger partial charge in [0, 0.05) is 25.2 Å². The van der Waals surface area contributed by atoms with Gasteiger partial charge in [0.15, 0.2) is 0 Å². The topological polar surface area (TPSA) is 38.7 Å². The van der Waals surface area contributed by atoms with Gasteiger partial charge in [0.2, 0.25) is 0 Å². The van der Waals surface area contributed by atoms with Crippen molar-refractivity contribution in [1.29, 1.82) is 0 Å². The summed E-state index contributed by atoms with van der Waals surface area (Å²) in [5.41, 5.74) is 1.11. The number of fused-ring (bicyclic) bond motifs is 1. The van der Waals surface area contributed by atoms with Crippen molar-refractivity contribution in [3.63, 3.8) is 0 Å². The van der Waals surface area contributed by atoms with E-state index in [1.807, 2.05) is 29.8 Å². The summed E-state index contributed by atoms with van der Waals surface area (Å²) in [6, 6.07) is 10.2. The van der Waals surface area contributed by atoms with Crippen LogP contribution in [0.3, 0.4) is 0 Å². The summed E-state index contributed by atoms with van der Waals surface area (Å²) < 4.78 is 1.27.